The number of para-hydroxylation sites is 5. The molecule has 12 aromatic rings. The van der Waals surface area contributed by atoms with Crippen molar-refractivity contribution in [2.45, 2.75) is 5.41 Å². The van der Waals surface area contributed by atoms with Crippen molar-refractivity contribution in [1.29, 1.82) is 0 Å². The van der Waals surface area contributed by atoms with Crippen molar-refractivity contribution >= 4 is 55.9 Å². The van der Waals surface area contributed by atoms with E-state index in [1.165, 1.54) is 71.9 Å². The van der Waals surface area contributed by atoms with E-state index in [1.807, 2.05) is 0 Å². The zero-order valence-corrected chi connectivity index (χ0v) is 38.3. The molecule has 70 heavy (non-hydrogen) atoms. The molecule has 14 rings (SSSR count). The maximum Gasteiger partial charge on any atom is 0.0783 e. The first-order chi connectivity index (χ1) is 34.7. The average molecular weight is 892 g/mol. The van der Waals surface area contributed by atoms with Crippen LogP contribution in [0.4, 0.5) is 34.1 Å². The molecular formula is C67H45N3. The van der Waals surface area contributed by atoms with Crippen LogP contribution in [0.1, 0.15) is 22.3 Å². The predicted octanol–water partition coefficient (Wildman–Crippen LogP) is 17.7. The first-order valence-corrected chi connectivity index (χ1v) is 24.2. The standard InChI is InChI=1S/C67H45N3/c1-3-17-46(18-4-1)48-31-38-53(39-32-48)69-63-28-14-9-23-57(63)67(58-24-10-15-29-64(58)69)59-25-11-16-30-65(59)70(54-40-33-49(34-41-54)47-19-5-2-6-20-47)66-44-37-51(45-60(66)67)50-35-42-52(43-36-50)68-61-26-12-7-21-55(61)56-22-8-13-27-62(56)68/h1-45H. The molecule has 2 aliphatic heterocycles. The van der Waals surface area contributed by atoms with Crippen LogP contribution in [0.5, 0.6) is 0 Å². The second-order valence-corrected chi connectivity index (χ2v) is 18.4. The second kappa shape index (κ2) is 16.0. The van der Waals surface area contributed by atoms with Crippen LogP contribution in [0, 0.1) is 0 Å². The highest BCUT2D eigenvalue weighted by Gasteiger charge is 2.52. The Morgan fingerprint density at radius 1 is 0.229 bits per heavy atom. The highest BCUT2D eigenvalue weighted by atomic mass is 15.2. The summed E-state index contributed by atoms with van der Waals surface area (Å²) in [7, 11) is 0. The fourth-order valence-corrected chi connectivity index (χ4v) is 11.7. The number of aromatic nitrogens is 1. The van der Waals surface area contributed by atoms with Crippen molar-refractivity contribution in [2.75, 3.05) is 9.80 Å². The molecule has 0 bridgehead atoms. The molecular weight excluding hydrogens is 847 g/mol. The van der Waals surface area contributed by atoms with Crippen LogP contribution >= 0.6 is 0 Å². The molecule has 3 nitrogen and oxygen atoms in total. The molecule has 0 radical (unpaired) electrons. The number of rotatable bonds is 6. The van der Waals surface area contributed by atoms with Crippen LogP contribution in [-0.4, -0.2) is 4.57 Å². The van der Waals surface area contributed by atoms with Gasteiger partial charge < -0.3 is 14.4 Å². The summed E-state index contributed by atoms with van der Waals surface area (Å²) in [6.45, 7) is 0. The zero-order chi connectivity index (χ0) is 46.2. The maximum atomic E-state index is 2.49. The summed E-state index contributed by atoms with van der Waals surface area (Å²) in [5, 5.41) is 2.52. The van der Waals surface area contributed by atoms with Gasteiger partial charge in [-0.25, -0.2) is 0 Å². The Labute approximate surface area is 408 Å². The van der Waals surface area contributed by atoms with Gasteiger partial charge in [-0.2, -0.15) is 0 Å². The number of hydrogen-bond donors (Lipinski definition) is 0. The molecule has 328 valence electrons. The third-order valence-electron chi connectivity index (χ3n) is 14.8. The monoisotopic (exact) mass is 891 g/mol. The van der Waals surface area contributed by atoms with Gasteiger partial charge in [0, 0.05) is 27.8 Å². The van der Waals surface area contributed by atoms with Gasteiger partial charge in [-0.1, -0.05) is 194 Å². The summed E-state index contributed by atoms with van der Waals surface area (Å²) < 4.78 is 2.39. The highest BCUT2D eigenvalue weighted by Crippen LogP contribution is 2.64. The quantitative estimate of drug-likeness (QED) is 0.165. The van der Waals surface area contributed by atoms with Crippen molar-refractivity contribution in [3.05, 3.63) is 295 Å². The number of benzene rings is 11. The van der Waals surface area contributed by atoms with E-state index in [4.69, 9.17) is 0 Å². The molecule has 0 unspecified atom stereocenters. The van der Waals surface area contributed by atoms with E-state index < -0.39 is 5.41 Å². The molecule has 0 N–H and O–H groups in total. The normalized spacial score (nSPS) is 13.2. The highest BCUT2D eigenvalue weighted by molar-refractivity contribution is 6.09. The van der Waals surface area contributed by atoms with Crippen molar-refractivity contribution in [3.63, 3.8) is 0 Å². The van der Waals surface area contributed by atoms with E-state index in [0.29, 0.717) is 0 Å². The molecule has 0 amide bonds. The molecule has 0 aliphatic carbocycles. The van der Waals surface area contributed by atoms with Crippen molar-refractivity contribution in [2.24, 2.45) is 0 Å². The van der Waals surface area contributed by atoms with Crippen LogP contribution in [-0.2, 0) is 5.41 Å². The van der Waals surface area contributed by atoms with Crippen LogP contribution < -0.4 is 9.80 Å². The van der Waals surface area contributed by atoms with Crippen LogP contribution in [0.2, 0.25) is 0 Å². The maximum absolute atomic E-state index is 2.49. The third-order valence-corrected chi connectivity index (χ3v) is 14.8. The Hall–Kier alpha value is -9.18. The first-order valence-electron chi connectivity index (χ1n) is 24.2. The summed E-state index contributed by atoms with van der Waals surface area (Å²) in [4.78, 5) is 4.96. The van der Waals surface area contributed by atoms with Crippen LogP contribution in [0.3, 0.4) is 0 Å². The van der Waals surface area contributed by atoms with Gasteiger partial charge in [-0.3, -0.25) is 0 Å². The Kier molecular flexibility index (Phi) is 9.11. The van der Waals surface area contributed by atoms with Gasteiger partial charge in [0.25, 0.3) is 0 Å². The lowest BCUT2D eigenvalue weighted by molar-refractivity contribution is 0.719. The molecule has 1 aromatic heterocycles. The molecule has 0 atom stereocenters. The molecule has 1 spiro atoms. The number of hydrogen-bond acceptors (Lipinski definition) is 2. The van der Waals surface area contributed by atoms with Gasteiger partial charge in [0.15, 0.2) is 0 Å². The second-order valence-electron chi connectivity index (χ2n) is 18.4. The average Bonchev–Trinajstić information content (AvgIpc) is 3.78. The predicted molar refractivity (Wildman–Crippen MR) is 292 cm³/mol. The van der Waals surface area contributed by atoms with Crippen molar-refractivity contribution in [1.82, 2.24) is 4.57 Å². The van der Waals surface area contributed by atoms with E-state index in [0.717, 1.165) is 45.4 Å². The molecule has 0 saturated heterocycles. The molecule has 0 fully saturated rings. The Morgan fingerprint density at radius 2 is 0.557 bits per heavy atom. The first kappa shape index (κ1) is 39.9. The minimum atomic E-state index is -0.682. The molecule has 3 heteroatoms. The smallest absolute Gasteiger partial charge is 0.0783 e. The van der Waals surface area contributed by atoms with Gasteiger partial charge in [0.2, 0.25) is 0 Å². The molecule has 11 aromatic carbocycles. The fraction of sp³-hybridized carbons (Fsp3) is 0.0149. The van der Waals surface area contributed by atoms with E-state index in [-0.39, 0.29) is 0 Å². The van der Waals surface area contributed by atoms with Crippen LogP contribution in [0.25, 0.3) is 60.9 Å². The Balaban J connectivity index is 0.984. The van der Waals surface area contributed by atoms with E-state index in [2.05, 4.69) is 287 Å². The van der Waals surface area contributed by atoms with Gasteiger partial charge in [0.05, 0.1) is 39.2 Å². The zero-order valence-electron chi connectivity index (χ0n) is 38.3. The van der Waals surface area contributed by atoms with Gasteiger partial charge in [-0.15, -0.1) is 0 Å². The molecule has 0 saturated carbocycles. The minimum Gasteiger partial charge on any atom is -0.310 e. The number of anilines is 6. The number of fused-ring (bicyclic) bond motifs is 11. The molecule has 3 heterocycles. The van der Waals surface area contributed by atoms with Gasteiger partial charge in [0.1, 0.15) is 0 Å². The van der Waals surface area contributed by atoms with Crippen molar-refractivity contribution in [3.8, 4) is 39.1 Å². The third kappa shape index (κ3) is 6.01. The van der Waals surface area contributed by atoms with Gasteiger partial charge >= 0.3 is 0 Å². The Morgan fingerprint density at radius 3 is 1.01 bits per heavy atom. The lowest BCUT2D eigenvalue weighted by Gasteiger charge is -2.51. The van der Waals surface area contributed by atoms with E-state index in [1.54, 1.807) is 0 Å². The fourth-order valence-electron chi connectivity index (χ4n) is 11.7. The van der Waals surface area contributed by atoms with Gasteiger partial charge in [-0.05, 0) is 134 Å². The topological polar surface area (TPSA) is 11.4 Å². The SMILES string of the molecule is c1ccc(-c2ccc(N3c4ccccc4C4(c5ccccc53)c3ccccc3N(c3ccc(-c5ccccc5)cc3)c3ccc(-c5ccc(-n6c7ccccc7c7ccccc76)cc5)cc34)cc2)cc1. The Bertz CT molecular complexity index is 3770. The minimum absolute atomic E-state index is 0.682. The summed E-state index contributed by atoms with van der Waals surface area (Å²) >= 11 is 0. The molecule has 2 aliphatic rings. The van der Waals surface area contributed by atoms with Crippen LogP contribution in [0.15, 0.2) is 273 Å². The van der Waals surface area contributed by atoms with Crippen molar-refractivity contribution < 1.29 is 0 Å². The largest absolute Gasteiger partial charge is 0.310 e. The van der Waals surface area contributed by atoms with E-state index >= 15 is 0 Å². The summed E-state index contributed by atoms with van der Waals surface area (Å²) in [5.74, 6) is 0. The summed E-state index contributed by atoms with van der Waals surface area (Å²) in [6.07, 6.45) is 0. The number of nitrogens with zero attached hydrogens (tertiary/aromatic N) is 3. The summed E-state index contributed by atoms with van der Waals surface area (Å²) in [5.41, 5.74) is 21.9. The summed E-state index contributed by atoms with van der Waals surface area (Å²) in [6, 6.07) is 101. The lowest BCUT2D eigenvalue weighted by Crippen LogP contribution is -2.42. The van der Waals surface area contributed by atoms with E-state index in [9.17, 15) is 0 Å². The lowest BCUT2D eigenvalue weighted by atomic mass is 9.60.